The van der Waals surface area contributed by atoms with Gasteiger partial charge in [-0.2, -0.15) is 0 Å². The van der Waals surface area contributed by atoms with Gasteiger partial charge in [0.15, 0.2) is 0 Å². The molecule has 0 spiro atoms. The lowest BCUT2D eigenvalue weighted by Crippen LogP contribution is -2.50. The van der Waals surface area contributed by atoms with Crippen LogP contribution in [0.2, 0.25) is 0 Å². The zero-order valence-electron chi connectivity index (χ0n) is 19.1. The lowest BCUT2D eigenvalue weighted by molar-refractivity contribution is -0.139. The van der Waals surface area contributed by atoms with E-state index < -0.39 is 17.6 Å². The predicted molar refractivity (Wildman–Crippen MR) is 126 cm³/mol. The summed E-state index contributed by atoms with van der Waals surface area (Å²) in [4.78, 5) is 36.4. The Kier molecular flexibility index (Phi) is 6.02. The van der Waals surface area contributed by atoms with Gasteiger partial charge in [-0.25, -0.2) is 4.79 Å². The molecule has 0 saturated heterocycles. The number of amides is 2. The Morgan fingerprint density at radius 1 is 0.971 bits per heavy atom. The zero-order valence-corrected chi connectivity index (χ0v) is 19.1. The highest BCUT2D eigenvalue weighted by Crippen LogP contribution is 2.44. The average Bonchev–Trinajstić information content (AvgIpc) is 3.38. The number of hydrogen-bond acceptors (Lipinski definition) is 4. The number of fused-ring (bicyclic) bond motifs is 3. The summed E-state index contributed by atoms with van der Waals surface area (Å²) < 4.78 is 5.71. The third-order valence-corrected chi connectivity index (χ3v) is 7.57. The van der Waals surface area contributed by atoms with Crippen LogP contribution in [0.5, 0.6) is 0 Å². The first-order valence-corrected chi connectivity index (χ1v) is 12.1. The number of carbonyl (C=O) groups is 3. The summed E-state index contributed by atoms with van der Waals surface area (Å²) in [5.74, 6) is -1.31. The second-order valence-corrected chi connectivity index (χ2v) is 9.86. The first-order valence-electron chi connectivity index (χ1n) is 12.1. The van der Waals surface area contributed by atoms with Crippen molar-refractivity contribution in [2.45, 2.75) is 50.0 Å². The SMILES string of the molecule is O=C(CC1(NC(=O)OCC2c3ccccc3-c3ccccc32)CCCC1)NCC1CC1C(=O)O. The summed E-state index contributed by atoms with van der Waals surface area (Å²) in [6.45, 7) is 0.608. The number of ether oxygens (including phenoxy) is 1. The van der Waals surface area contributed by atoms with E-state index in [2.05, 4.69) is 34.9 Å². The van der Waals surface area contributed by atoms with Crippen molar-refractivity contribution in [3.8, 4) is 11.1 Å². The van der Waals surface area contributed by atoms with Crippen LogP contribution in [0, 0.1) is 11.8 Å². The molecule has 0 aliphatic heterocycles. The Hall–Kier alpha value is -3.35. The summed E-state index contributed by atoms with van der Waals surface area (Å²) in [5.41, 5.74) is 4.06. The van der Waals surface area contributed by atoms with Crippen LogP contribution in [0.25, 0.3) is 11.1 Å². The fourth-order valence-corrected chi connectivity index (χ4v) is 5.64. The minimum absolute atomic E-state index is 0.0102. The molecule has 178 valence electrons. The van der Waals surface area contributed by atoms with Gasteiger partial charge in [0.05, 0.1) is 11.5 Å². The molecule has 3 aliphatic carbocycles. The van der Waals surface area contributed by atoms with Gasteiger partial charge in [0, 0.05) is 18.9 Å². The predicted octanol–water partition coefficient (Wildman–Crippen LogP) is 4.06. The Morgan fingerprint density at radius 2 is 1.59 bits per heavy atom. The van der Waals surface area contributed by atoms with Crippen molar-refractivity contribution in [2.75, 3.05) is 13.2 Å². The molecule has 2 fully saturated rings. The number of carbonyl (C=O) groups excluding carboxylic acids is 2. The molecule has 2 aromatic carbocycles. The molecular weight excluding hydrogens is 432 g/mol. The van der Waals surface area contributed by atoms with Gasteiger partial charge < -0.3 is 20.5 Å². The topological polar surface area (TPSA) is 105 Å². The lowest BCUT2D eigenvalue weighted by Gasteiger charge is -2.29. The number of alkyl carbamates (subject to hydrolysis) is 1. The van der Waals surface area contributed by atoms with Gasteiger partial charge in [0.1, 0.15) is 6.61 Å². The maximum atomic E-state index is 12.8. The third-order valence-electron chi connectivity index (χ3n) is 7.57. The molecule has 7 nitrogen and oxygen atoms in total. The number of benzene rings is 2. The van der Waals surface area contributed by atoms with E-state index in [0.29, 0.717) is 13.0 Å². The maximum absolute atomic E-state index is 12.8. The standard InChI is InChI=1S/C27H30N2O5/c30-24(28-15-17-13-22(17)25(31)32)14-27(11-5-6-12-27)29-26(33)34-16-23-20-9-3-1-7-18(20)19-8-2-4-10-21(19)23/h1-4,7-10,17,22-23H,5-6,11-16H2,(H,28,30)(H,29,33)(H,31,32). The Balaban J connectivity index is 1.18. The van der Waals surface area contributed by atoms with Crippen molar-refractivity contribution in [1.29, 1.82) is 0 Å². The van der Waals surface area contributed by atoms with Crippen LogP contribution in [0.1, 0.15) is 55.6 Å². The molecule has 3 N–H and O–H groups in total. The number of hydrogen-bond donors (Lipinski definition) is 3. The lowest BCUT2D eigenvalue weighted by atomic mass is 9.93. The van der Waals surface area contributed by atoms with Gasteiger partial charge in [-0.05, 0) is 47.4 Å². The number of rotatable bonds is 8. The van der Waals surface area contributed by atoms with E-state index in [1.807, 2.05) is 24.3 Å². The van der Waals surface area contributed by atoms with Crippen molar-refractivity contribution in [1.82, 2.24) is 10.6 Å². The van der Waals surface area contributed by atoms with Crippen LogP contribution in [0.3, 0.4) is 0 Å². The van der Waals surface area contributed by atoms with E-state index >= 15 is 0 Å². The van der Waals surface area contributed by atoms with Crippen LogP contribution in [-0.2, 0) is 14.3 Å². The Bertz CT molecular complexity index is 1060. The van der Waals surface area contributed by atoms with Gasteiger partial charge in [-0.1, -0.05) is 61.4 Å². The van der Waals surface area contributed by atoms with Gasteiger partial charge >= 0.3 is 12.1 Å². The second-order valence-electron chi connectivity index (χ2n) is 9.86. The minimum atomic E-state index is -0.802. The average molecular weight is 463 g/mol. The Labute approximate surface area is 198 Å². The molecule has 0 aromatic heterocycles. The molecule has 7 heteroatoms. The minimum Gasteiger partial charge on any atom is -0.481 e. The highest BCUT2D eigenvalue weighted by atomic mass is 16.5. The van der Waals surface area contributed by atoms with Crippen molar-refractivity contribution < 1.29 is 24.2 Å². The summed E-state index contributed by atoms with van der Waals surface area (Å²) in [6.07, 6.45) is 3.64. The fraction of sp³-hybridized carbons (Fsp3) is 0.444. The van der Waals surface area contributed by atoms with E-state index in [1.165, 1.54) is 11.1 Å². The van der Waals surface area contributed by atoms with E-state index in [4.69, 9.17) is 9.84 Å². The summed E-state index contributed by atoms with van der Waals surface area (Å²) in [6, 6.07) is 16.4. The molecule has 2 unspecified atom stereocenters. The number of carboxylic acid groups (broad SMARTS) is 1. The highest BCUT2D eigenvalue weighted by Gasteiger charge is 2.44. The second kappa shape index (κ2) is 9.12. The molecule has 0 heterocycles. The van der Waals surface area contributed by atoms with Crippen LogP contribution in [-0.4, -0.2) is 41.8 Å². The van der Waals surface area contributed by atoms with E-state index in [1.54, 1.807) is 0 Å². The molecule has 34 heavy (non-hydrogen) atoms. The molecule has 3 aliphatic rings. The van der Waals surface area contributed by atoms with Gasteiger partial charge in [-0.15, -0.1) is 0 Å². The quantitative estimate of drug-likeness (QED) is 0.549. The maximum Gasteiger partial charge on any atom is 0.407 e. The molecule has 5 rings (SSSR count). The molecule has 0 bridgehead atoms. The van der Waals surface area contributed by atoms with Crippen LogP contribution < -0.4 is 10.6 Å². The van der Waals surface area contributed by atoms with Gasteiger partial charge in [0.25, 0.3) is 0 Å². The van der Waals surface area contributed by atoms with Crippen LogP contribution in [0.4, 0.5) is 4.79 Å². The first kappa shape index (κ1) is 22.4. The van der Waals surface area contributed by atoms with Crippen molar-refractivity contribution >= 4 is 18.0 Å². The third kappa shape index (κ3) is 4.52. The van der Waals surface area contributed by atoms with Gasteiger partial charge in [0.2, 0.25) is 5.91 Å². The molecule has 0 radical (unpaired) electrons. The zero-order chi connectivity index (χ0) is 23.7. The highest BCUT2D eigenvalue weighted by molar-refractivity contribution is 5.80. The molecule has 2 amide bonds. The van der Waals surface area contributed by atoms with E-state index in [9.17, 15) is 14.4 Å². The van der Waals surface area contributed by atoms with Gasteiger partial charge in [-0.3, -0.25) is 9.59 Å². The number of nitrogens with one attached hydrogen (secondary N) is 2. The molecule has 2 atom stereocenters. The fourth-order valence-electron chi connectivity index (χ4n) is 5.64. The number of carboxylic acids is 1. The molecular formula is C27H30N2O5. The van der Waals surface area contributed by atoms with E-state index in [0.717, 1.165) is 36.8 Å². The van der Waals surface area contributed by atoms with Crippen molar-refractivity contribution in [3.05, 3.63) is 59.7 Å². The van der Waals surface area contributed by atoms with Crippen LogP contribution >= 0.6 is 0 Å². The summed E-state index contributed by atoms with van der Waals surface area (Å²) >= 11 is 0. The summed E-state index contributed by atoms with van der Waals surface area (Å²) in [5, 5.41) is 14.9. The summed E-state index contributed by atoms with van der Waals surface area (Å²) in [7, 11) is 0. The number of aliphatic carboxylic acids is 1. The molecule has 2 aromatic rings. The molecule has 2 saturated carbocycles. The van der Waals surface area contributed by atoms with E-state index in [-0.39, 0.29) is 36.7 Å². The van der Waals surface area contributed by atoms with Crippen molar-refractivity contribution in [3.63, 3.8) is 0 Å². The van der Waals surface area contributed by atoms with Crippen molar-refractivity contribution in [2.24, 2.45) is 11.8 Å². The smallest absolute Gasteiger partial charge is 0.407 e. The first-order chi connectivity index (χ1) is 16.5. The Morgan fingerprint density at radius 3 is 2.18 bits per heavy atom. The monoisotopic (exact) mass is 462 g/mol. The normalized spacial score (nSPS) is 21.9. The van der Waals surface area contributed by atoms with Crippen LogP contribution in [0.15, 0.2) is 48.5 Å². The largest absolute Gasteiger partial charge is 0.481 e.